The number of carbonyl (C=O) groups excluding carboxylic acids is 1. The number of fused-ring (bicyclic) bond motifs is 1. The van der Waals surface area contributed by atoms with Gasteiger partial charge in [0.15, 0.2) is 16.6 Å². The molecule has 0 aliphatic carbocycles. The normalized spacial score (nSPS) is 11.9. The van der Waals surface area contributed by atoms with Crippen LogP contribution in [-0.2, 0) is 0 Å². The molecular formula is C21H21N3O4S. The number of nitrogens with zero attached hydrogens (tertiary/aromatic N) is 1. The van der Waals surface area contributed by atoms with Gasteiger partial charge in [0.1, 0.15) is 11.4 Å². The van der Waals surface area contributed by atoms with E-state index in [-0.39, 0.29) is 12.7 Å². The molecule has 1 aliphatic heterocycles. The molecule has 2 N–H and O–H groups in total. The molecule has 0 saturated carbocycles. The summed E-state index contributed by atoms with van der Waals surface area (Å²) in [6.07, 6.45) is 2.11. The maximum absolute atomic E-state index is 12.5. The monoisotopic (exact) mass is 411 g/mol. The Balaban J connectivity index is 1.34. The molecule has 0 saturated heterocycles. The fraction of sp³-hybridized carbons (Fsp3) is 0.238. The minimum Gasteiger partial charge on any atom is -0.494 e. The van der Waals surface area contributed by atoms with Crippen molar-refractivity contribution in [3.8, 4) is 17.2 Å². The van der Waals surface area contributed by atoms with Crippen LogP contribution in [0.5, 0.6) is 17.2 Å². The van der Waals surface area contributed by atoms with E-state index in [2.05, 4.69) is 22.5 Å². The zero-order chi connectivity index (χ0) is 20.1. The van der Waals surface area contributed by atoms with E-state index in [9.17, 15) is 4.79 Å². The zero-order valence-electron chi connectivity index (χ0n) is 15.9. The van der Waals surface area contributed by atoms with Gasteiger partial charge in [0, 0.05) is 22.8 Å². The van der Waals surface area contributed by atoms with E-state index < -0.39 is 0 Å². The van der Waals surface area contributed by atoms with E-state index in [0.29, 0.717) is 28.9 Å². The van der Waals surface area contributed by atoms with Gasteiger partial charge in [-0.3, -0.25) is 4.79 Å². The molecule has 150 valence electrons. The van der Waals surface area contributed by atoms with Gasteiger partial charge in [-0.2, -0.15) is 0 Å². The first kappa shape index (κ1) is 19.1. The van der Waals surface area contributed by atoms with Crippen molar-refractivity contribution in [3.05, 3.63) is 53.5 Å². The molecule has 0 fully saturated rings. The second-order valence-corrected chi connectivity index (χ2v) is 7.27. The van der Waals surface area contributed by atoms with Crippen molar-refractivity contribution in [1.82, 2.24) is 4.98 Å². The number of benzene rings is 2. The van der Waals surface area contributed by atoms with Crippen LogP contribution in [0.1, 0.15) is 30.3 Å². The molecule has 0 radical (unpaired) electrons. The summed E-state index contributed by atoms with van der Waals surface area (Å²) in [6, 6.07) is 12.9. The summed E-state index contributed by atoms with van der Waals surface area (Å²) in [6.45, 7) is 3.04. The Hall–Kier alpha value is -3.26. The van der Waals surface area contributed by atoms with E-state index >= 15 is 0 Å². The molecule has 0 unspecified atom stereocenters. The van der Waals surface area contributed by atoms with Crippen molar-refractivity contribution in [2.45, 2.75) is 19.8 Å². The quantitative estimate of drug-likeness (QED) is 0.505. The molecule has 8 heteroatoms. The molecule has 0 atom stereocenters. The molecule has 2 aromatic carbocycles. The molecule has 2 heterocycles. The standard InChI is InChI=1S/C21H21N3O4S/c1-2-3-10-26-16-7-4-14(5-8-16)22-20(25)17-12-29-21(24-17)23-15-6-9-18-19(11-15)28-13-27-18/h4-9,11-12H,2-3,10,13H2,1H3,(H,22,25)(H,23,24). The van der Waals surface area contributed by atoms with Gasteiger partial charge in [-0.15, -0.1) is 11.3 Å². The van der Waals surface area contributed by atoms with Gasteiger partial charge in [-0.25, -0.2) is 4.98 Å². The molecular weight excluding hydrogens is 390 g/mol. The lowest BCUT2D eigenvalue weighted by Gasteiger charge is -2.07. The molecule has 0 bridgehead atoms. The highest BCUT2D eigenvalue weighted by Gasteiger charge is 2.15. The van der Waals surface area contributed by atoms with Crippen LogP contribution >= 0.6 is 11.3 Å². The van der Waals surface area contributed by atoms with Gasteiger partial charge in [0.05, 0.1) is 6.61 Å². The van der Waals surface area contributed by atoms with E-state index in [1.54, 1.807) is 5.38 Å². The molecule has 1 aromatic heterocycles. The van der Waals surface area contributed by atoms with Crippen molar-refractivity contribution >= 4 is 33.8 Å². The van der Waals surface area contributed by atoms with Crippen LogP contribution in [-0.4, -0.2) is 24.3 Å². The SMILES string of the molecule is CCCCOc1ccc(NC(=O)c2csc(Nc3ccc4c(c3)OCO4)n2)cc1. The number of unbranched alkanes of at least 4 members (excludes halogenated alkanes) is 1. The van der Waals surface area contributed by atoms with E-state index in [1.807, 2.05) is 42.5 Å². The minimum atomic E-state index is -0.264. The first-order valence-electron chi connectivity index (χ1n) is 9.37. The van der Waals surface area contributed by atoms with Crippen LogP contribution in [0.4, 0.5) is 16.5 Å². The number of nitrogens with one attached hydrogen (secondary N) is 2. The van der Waals surface area contributed by atoms with Gasteiger partial charge in [-0.05, 0) is 42.8 Å². The Bertz CT molecular complexity index is 988. The third-order valence-electron chi connectivity index (χ3n) is 4.24. The second-order valence-electron chi connectivity index (χ2n) is 6.41. The van der Waals surface area contributed by atoms with Gasteiger partial charge in [0.25, 0.3) is 5.91 Å². The number of hydrogen-bond donors (Lipinski definition) is 2. The summed E-state index contributed by atoms with van der Waals surface area (Å²) >= 11 is 1.36. The van der Waals surface area contributed by atoms with Gasteiger partial charge in [-0.1, -0.05) is 13.3 Å². The number of hydrogen-bond acceptors (Lipinski definition) is 7. The summed E-state index contributed by atoms with van der Waals surface area (Å²) < 4.78 is 16.3. The maximum atomic E-state index is 12.5. The summed E-state index contributed by atoms with van der Waals surface area (Å²) in [5, 5.41) is 8.36. The maximum Gasteiger partial charge on any atom is 0.275 e. The van der Waals surface area contributed by atoms with E-state index in [1.165, 1.54) is 11.3 Å². The number of anilines is 3. The van der Waals surface area contributed by atoms with Crippen molar-refractivity contribution in [1.29, 1.82) is 0 Å². The van der Waals surface area contributed by atoms with Crippen molar-refractivity contribution in [2.75, 3.05) is 24.0 Å². The Morgan fingerprint density at radius 2 is 1.93 bits per heavy atom. The smallest absolute Gasteiger partial charge is 0.275 e. The molecule has 4 rings (SSSR count). The molecule has 29 heavy (non-hydrogen) atoms. The Kier molecular flexibility index (Phi) is 5.81. The molecule has 1 aliphatic rings. The largest absolute Gasteiger partial charge is 0.494 e. The van der Waals surface area contributed by atoms with Gasteiger partial charge >= 0.3 is 0 Å². The third-order valence-corrected chi connectivity index (χ3v) is 5.00. The number of rotatable bonds is 8. The fourth-order valence-electron chi connectivity index (χ4n) is 2.70. The predicted octanol–water partition coefficient (Wildman–Crippen LogP) is 5.05. The lowest BCUT2D eigenvalue weighted by Crippen LogP contribution is -2.12. The van der Waals surface area contributed by atoms with Crippen LogP contribution in [0, 0.1) is 0 Å². The molecule has 1 amide bonds. The minimum absolute atomic E-state index is 0.228. The Morgan fingerprint density at radius 1 is 1.14 bits per heavy atom. The summed E-state index contributed by atoms with van der Waals surface area (Å²) in [7, 11) is 0. The lowest BCUT2D eigenvalue weighted by molar-refractivity contribution is 0.102. The van der Waals surface area contributed by atoms with Crippen LogP contribution in [0.15, 0.2) is 47.8 Å². The van der Waals surface area contributed by atoms with Crippen molar-refractivity contribution in [2.24, 2.45) is 0 Å². The highest BCUT2D eigenvalue weighted by atomic mass is 32.1. The number of aromatic nitrogens is 1. The average Bonchev–Trinajstić information content (AvgIpc) is 3.39. The average molecular weight is 411 g/mol. The van der Waals surface area contributed by atoms with E-state index in [4.69, 9.17) is 14.2 Å². The van der Waals surface area contributed by atoms with Gasteiger partial charge < -0.3 is 24.8 Å². The molecule has 3 aromatic rings. The second kappa shape index (κ2) is 8.83. The molecule has 7 nitrogen and oxygen atoms in total. The Morgan fingerprint density at radius 3 is 2.76 bits per heavy atom. The van der Waals surface area contributed by atoms with Gasteiger partial charge in [0.2, 0.25) is 6.79 Å². The third kappa shape index (κ3) is 4.78. The molecule has 0 spiro atoms. The predicted molar refractivity (Wildman–Crippen MR) is 113 cm³/mol. The van der Waals surface area contributed by atoms with Crippen LogP contribution in [0.3, 0.4) is 0 Å². The number of amides is 1. The van der Waals surface area contributed by atoms with Crippen LogP contribution in [0.25, 0.3) is 0 Å². The van der Waals surface area contributed by atoms with Crippen LogP contribution < -0.4 is 24.8 Å². The lowest BCUT2D eigenvalue weighted by atomic mass is 10.3. The van der Waals surface area contributed by atoms with E-state index in [0.717, 1.165) is 30.0 Å². The summed E-state index contributed by atoms with van der Waals surface area (Å²) in [5.41, 5.74) is 1.85. The summed E-state index contributed by atoms with van der Waals surface area (Å²) in [5.74, 6) is 1.93. The fourth-order valence-corrected chi connectivity index (χ4v) is 3.41. The van der Waals surface area contributed by atoms with Crippen LogP contribution in [0.2, 0.25) is 0 Å². The van der Waals surface area contributed by atoms with Crippen molar-refractivity contribution in [3.63, 3.8) is 0 Å². The Labute approximate surface area is 172 Å². The van der Waals surface area contributed by atoms with Crippen molar-refractivity contribution < 1.29 is 19.0 Å². The highest BCUT2D eigenvalue weighted by Crippen LogP contribution is 2.35. The zero-order valence-corrected chi connectivity index (χ0v) is 16.8. The topological polar surface area (TPSA) is 81.7 Å². The first-order valence-corrected chi connectivity index (χ1v) is 10.3. The summed E-state index contributed by atoms with van der Waals surface area (Å²) in [4.78, 5) is 16.8. The number of carbonyl (C=O) groups is 1. The first-order chi connectivity index (χ1) is 14.2. The number of ether oxygens (including phenoxy) is 3. The number of thiazole rings is 1. The highest BCUT2D eigenvalue weighted by molar-refractivity contribution is 7.14.